The molecule has 0 radical (unpaired) electrons. The molecule has 1 N–H and O–H groups in total. The maximum atomic E-state index is 13.4. The van der Waals surface area contributed by atoms with E-state index in [1.165, 1.54) is 0 Å². The molecule has 0 saturated carbocycles. The number of unbranched alkanes of at least 4 members (excludes halogenated alkanes) is 1. The van der Waals surface area contributed by atoms with E-state index in [9.17, 15) is 9.59 Å². The monoisotopic (exact) mass is 421 g/mol. The summed E-state index contributed by atoms with van der Waals surface area (Å²) in [6.07, 6.45) is 4.67. The lowest BCUT2D eigenvalue weighted by atomic mass is 9.64. The fraction of sp³-hybridized carbons (Fsp3) is 0.556. The van der Waals surface area contributed by atoms with Crippen molar-refractivity contribution in [2.75, 3.05) is 6.61 Å². The molecule has 0 unspecified atom stereocenters. The molecule has 1 aliphatic heterocycles. The average Bonchev–Trinajstić information content (AvgIpc) is 2.65. The predicted molar refractivity (Wildman–Crippen MR) is 123 cm³/mol. The molecule has 0 bridgehead atoms. The maximum absolute atomic E-state index is 13.4. The highest BCUT2D eigenvalue weighted by Crippen LogP contribution is 2.52. The first-order chi connectivity index (χ1) is 14.6. The second-order valence-electron chi connectivity index (χ2n) is 11.0. The maximum Gasteiger partial charge on any atom is 0.162 e. The van der Waals surface area contributed by atoms with Crippen LogP contribution in [0.1, 0.15) is 84.6 Å². The minimum Gasteiger partial charge on any atom is -0.493 e. The smallest absolute Gasteiger partial charge is 0.162 e. The van der Waals surface area contributed by atoms with Gasteiger partial charge in [-0.25, -0.2) is 0 Å². The van der Waals surface area contributed by atoms with Gasteiger partial charge in [-0.1, -0.05) is 59.2 Å². The SMILES string of the molecule is CCCCOc1ccccc1C1C2=C(CC(C)(C)CC2=O)NC2=C1C(=O)CC(C)(C)C2. The van der Waals surface area contributed by atoms with E-state index in [0.717, 1.165) is 59.5 Å². The van der Waals surface area contributed by atoms with Crippen molar-refractivity contribution < 1.29 is 14.3 Å². The Labute approximate surface area is 186 Å². The molecule has 2 aliphatic carbocycles. The third-order valence-corrected chi connectivity index (χ3v) is 6.70. The van der Waals surface area contributed by atoms with E-state index in [0.29, 0.717) is 19.4 Å². The van der Waals surface area contributed by atoms with Crippen LogP contribution in [0.15, 0.2) is 46.8 Å². The Hall–Kier alpha value is -2.36. The van der Waals surface area contributed by atoms with Crippen molar-refractivity contribution in [1.29, 1.82) is 0 Å². The Morgan fingerprint density at radius 1 is 0.903 bits per heavy atom. The van der Waals surface area contributed by atoms with Gasteiger partial charge in [0.15, 0.2) is 11.6 Å². The number of allylic oxidation sites excluding steroid dienone is 4. The van der Waals surface area contributed by atoms with E-state index in [4.69, 9.17) is 4.74 Å². The number of ether oxygens (including phenoxy) is 1. The number of benzene rings is 1. The second-order valence-corrected chi connectivity index (χ2v) is 11.0. The quantitative estimate of drug-likeness (QED) is 0.607. The van der Waals surface area contributed by atoms with Crippen LogP contribution in [-0.2, 0) is 9.59 Å². The molecule has 3 aliphatic rings. The summed E-state index contributed by atoms with van der Waals surface area (Å²) in [7, 11) is 0. The zero-order chi connectivity index (χ0) is 22.4. The molecule has 0 fully saturated rings. The summed E-state index contributed by atoms with van der Waals surface area (Å²) in [5.41, 5.74) is 4.32. The first-order valence-electron chi connectivity index (χ1n) is 11.6. The number of rotatable bonds is 5. The lowest BCUT2D eigenvalue weighted by Crippen LogP contribution is -2.42. The van der Waals surface area contributed by atoms with Gasteiger partial charge < -0.3 is 10.1 Å². The molecule has 166 valence electrons. The van der Waals surface area contributed by atoms with Gasteiger partial charge in [-0.3, -0.25) is 9.59 Å². The van der Waals surface area contributed by atoms with Crippen molar-refractivity contribution in [3.05, 3.63) is 52.4 Å². The highest BCUT2D eigenvalue weighted by Gasteiger charge is 2.46. The van der Waals surface area contributed by atoms with Crippen molar-refractivity contribution >= 4 is 11.6 Å². The van der Waals surface area contributed by atoms with Crippen molar-refractivity contribution in [2.45, 2.75) is 79.1 Å². The Morgan fingerprint density at radius 3 is 2.00 bits per heavy atom. The van der Waals surface area contributed by atoms with Gasteiger partial charge >= 0.3 is 0 Å². The van der Waals surface area contributed by atoms with E-state index in [1.807, 2.05) is 24.3 Å². The molecular weight excluding hydrogens is 386 g/mol. The van der Waals surface area contributed by atoms with Gasteiger partial charge in [0, 0.05) is 46.9 Å². The Morgan fingerprint density at radius 2 is 1.45 bits per heavy atom. The van der Waals surface area contributed by atoms with Crippen LogP contribution < -0.4 is 10.1 Å². The summed E-state index contributed by atoms with van der Waals surface area (Å²) in [5, 5.41) is 3.58. The van der Waals surface area contributed by atoms with Gasteiger partial charge in [0.1, 0.15) is 5.75 Å². The minimum absolute atomic E-state index is 0.0864. The predicted octanol–water partition coefficient (Wildman–Crippen LogP) is 5.84. The second kappa shape index (κ2) is 7.96. The van der Waals surface area contributed by atoms with Crippen LogP contribution >= 0.6 is 0 Å². The topological polar surface area (TPSA) is 55.4 Å². The molecule has 1 aromatic carbocycles. The van der Waals surface area contributed by atoms with E-state index >= 15 is 0 Å². The molecule has 1 aromatic rings. The van der Waals surface area contributed by atoms with E-state index in [1.54, 1.807) is 0 Å². The summed E-state index contributed by atoms with van der Waals surface area (Å²) >= 11 is 0. The van der Waals surface area contributed by atoms with Crippen LogP contribution in [-0.4, -0.2) is 18.2 Å². The zero-order valence-corrected chi connectivity index (χ0v) is 19.6. The van der Waals surface area contributed by atoms with Gasteiger partial charge in [0.25, 0.3) is 0 Å². The van der Waals surface area contributed by atoms with Crippen molar-refractivity contribution in [1.82, 2.24) is 5.32 Å². The number of Topliss-reactive ketones (excluding diaryl/α,β-unsaturated/α-hetero) is 2. The number of carbonyl (C=O) groups is 2. The van der Waals surface area contributed by atoms with E-state index in [-0.39, 0.29) is 28.3 Å². The largest absolute Gasteiger partial charge is 0.493 e. The van der Waals surface area contributed by atoms with Crippen LogP contribution in [0.25, 0.3) is 0 Å². The van der Waals surface area contributed by atoms with Gasteiger partial charge in [-0.2, -0.15) is 0 Å². The molecule has 4 rings (SSSR count). The molecular formula is C27H35NO3. The van der Waals surface area contributed by atoms with Crippen LogP contribution in [0, 0.1) is 10.8 Å². The van der Waals surface area contributed by atoms with Crippen LogP contribution in [0.2, 0.25) is 0 Å². The fourth-order valence-electron chi connectivity index (χ4n) is 5.38. The number of hydrogen-bond acceptors (Lipinski definition) is 4. The summed E-state index contributed by atoms with van der Waals surface area (Å²) in [5.74, 6) is 0.751. The Kier molecular flexibility index (Phi) is 5.61. The van der Waals surface area contributed by atoms with Gasteiger partial charge in [0.2, 0.25) is 0 Å². The highest BCUT2D eigenvalue weighted by atomic mass is 16.5. The molecule has 4 heteroatoms. The zero-order valence-electron chi connectivity index (χ0n) is 19.6. The van der Waals surface area contributed by atoms with Crippen LogP contribution in [0.4, 0.5) is 0 Å². The number of carbonyl (C=O) groups excluding carboxylic acids is 2. The molecule has 0 atom stereocenters. The number of ketones is 2. The molecule has 0 aromatic heterocycles. The van der Waals surface area contributed by atoms with E-state index < -0.39 is 0 Å². The van der Waals surface area contributed by atoms with Gasteiger partial charge in [0.05, 0.1) is 6.61 Å². The highest BCUT2D eigenvalue weighted by molar-refractivity contribution is 6.07. The van der Waals surface area contributed by atoms with Crippen LogP contribution in [0.5, 0.6) is 5.75 Å². The summed E-state index contributed by atoms with van der Waals surface area (Å²) in [6, 6.07) is 7.96. The van der Waals surface area contributed by atoms with Crippen molar-refractivity contribution in [3.8, 4) is 5.75 Å². The van der Waals surface area contributed by atoms with Gasteiger partial charge in [-0.05, 0) is 36.2 Å². The van der Waals surface area contributed by atoms with Gasteiger partial charge in [-0.15, -0.1) is 0 Å². The molecule has 0 saturated heterocycles. The average molecular weight is 422 g/mol. The Balaban J connectivity index is 1.87. The summed E-state index contributed by atoms with van der Waals surface area (Å²) in [4.78, 5) is 26.9. The fourth-order valence-corrected chi connectivity index (χ4v) is 5.38. The summed E-state index contributed by atoms with van der Waals surface area (Å²) in [6.45, 7) is 11.4. The first kappa shape index (κ1) is 21.9. The first-order valence-corrected chi connectivity index (χ1v) is 11.6. The van der Waals surface area contributed by atoms with Crippen molar-refractivity contribution in [3.63, 3.8) is 0 Å². The lowest BCUT2D eigenvalue weighted by molar-refractivity contribution is -0.119. The number of dihydropyridines is 1. The van der Waals surface area contributed by atoms with Crippen molar-refractivity contribution in [2.24, 2.45) is 10.8 Å². The lowest BCUT2D eigenvalue weighted by Gasteiger charge is -2.44. The molecule has 0 amide bonds. The minimum atomic E-state index is -0.337. The molecule has 1 heterocycles. The third kappa shape index (κ3) is 4.22. The molecule has 31 heavy (non-hydrogen) atoms. The molecule has 4 nitrogen and oxygen atoms in total. The number of para-hydroxylation sites is 1. The normalized spacial score (nSPS) is 22.7. The van der Waals surface area contributed by atoms with Crippen LogP contribution in [0.3, 0.4) is 0 Å². The number of hydrogen-bond donors (Lipinski definition) is 1. The summed E-state index contributed by atoms with van der Waals surface area (Å²) < 4.78 is 6.15. The van der Waals surface area contributed by atoms with E-state index in [2.05, 4.69) is 39.9 Å². The molecule has 0 spiro atoms. The number of nitrogens with one attached hydrogen (secondary N) is 1. The third-order valence-electron chi connectivity index (χ3n) is 6.70. The standard InChI is InChI=1S/C27H35NO3/c1-6-7-12-31-22-11-9-8-10-17(22)23-24-18(13-26(2,3)15-20(24)29)28-19-14-27(4,5)16-21(30)25(19)23/h8-11,23,28H,6-7,12-16H2,1-5H3. The Bertz CT molecular complexity index is 928.